The van der Waals surface area contributed by atoms with Crippen molar-refractivity contribution in [3.8, 4) is 0 Å². The summed E-state index contributed by atoms with van der Waals surface area (Å²) in [6.45, 7) is 1.85. The van der Waals surface area contributed by atoms with Crippen molar-refractivity contribution < 1.29 is 0 Å². The fourth-order valence-corrected chi connectivity index (χ4v) is 2.15. The summed E-state index contributed by atoms with van der Waals surface area (Å²) in [7, 11) is 0. The summed E-state index contributed by atoms with van der Waals surface area (Å²) in [6.07, 6.45) is 4.53. The number of aromatic nitrogens is 3. The largest absolute Gasteiger partial charge is 0.343 e. The predicted molar refractivity (Wildman–Crippen MR) is 53.0 cm³/mol. The number of aromatic amines is 1. The van der Waals surface area contributed by atoms with Gasteiger partial charge in [-0.05, 0) is 19.8 Å². The molecule has 1 aromatic rings. The summed E-state index contributed by atoms with van der Waals surface area (Å²) in [5.74, 6) is 0.682. The first-order valence-electron chi connectivity index (χ1n) is 5.12. The second-order valence-corrected chi connectivity index (χ2v) is 3.98. The second kappa shape index (κ2) is 3.57. The first kappa shape index (κ1) is 9.45. The molecule has 0 bridgehead atoms. The van der Waals surface area contributed by atoms with Gasteiger partial charge in [-0.25, -0.2) is 9.89 Å². The smallest absolute Gasteiger partial charge is 0.322 e. The van der Waals surface area contributed by atoms with Crippen LogP contribution < -0.4 is 11.4 Å². The first-order valence-corrected chi connectivity index (χ1v) is 5.12. The molecule has 2 rings (SSSR count). The molecule has 1 saturated carbocycles. The zero-order valence-corrected chi connectivity index (χ0v) is 8.36. The maximum atomic E-state index is 11.5. The molecule has 0 aliphatic heterocycles. The van der Waals surface area contributed by atoms with E-state index in [2.05, 4.69) is 10.2 Å². The third-order valence-corrected chi connectivity index (χ3v) is 2.83. The minimum atomic E-state index is -0.186. The first-order chi connectivity index (χ1) is 6.70. The number of nitrogens with two attached hydrogens (primary N) is 1. The molecule has 5 nitrogen and oxygen atoms in total. The van der Waals surface area contributed by atoms with E-state index in [1.807, 2.05) is 6.92 Å². The third-order valence-electron chi connectivity index (χ3n) is 2.83. The summed E-state index contributed by atoms with van der Waals surface area (Å²) >= 11 is 0. The van der Waals surface area contributed by atoms with Crippen LogP contribution in [-0.2, 0) is 0 Å². The van der Waals surface area contributed by atoms with E-state index in [1.165, 1.54) is 12.8 Å². The van der Waals surface area contributed by atoms with E-state index in [9.17, 15) is 4.79 Å². The molecule has 0 radical (unpaired) electrons. The molecule has 5 heteroatoms. The number of rotatable bonds is 2. The molecule has 14 heavy (non-hydrogen) atoms. The highest BCUT2D eigenvalue weighted by Gasteiger charge is 2.23. The summed E-state index contributed by atoms with van der Waals surface area (Å²) in [5, 5.41) is 6.43. The predicted octanol–water partition coefficient (Wildman–Crippen LogP) is 0.706. The molecule has 0 amide bonds. The third kappa shape index (κ3) is 1.48. The molecule has 1 aliphatic rings. The van der Waals surface area contributed by atoms with Crippen LogP contribution in [0.2, 0.25) is 0 Å². The second-order valence-electron chi connectivity index (χ2n) is 3.98. The highest BCUT2D eigenvalue weighted by atomic mass is 16.1. The van der Waals surface area contributed by atoms with Gasteiger partial charge in [-0.3, -0.25) is 4.57 Å². The highest BCUT2D eigenvalue weighted by Crippen LogP contribution is 2.29. The maximum Gasteiger partial charge on any atom is 0.343 e. The van der Waals surface area contributed by atoms with E-state index in [4.69, 9.17) is 5.73 Å². The molecular weight excluding hydrogens is 180 g/mol. The van der Waals surface area contributed by atoms with Gasteiger partial charge in [-0.15, -0.1) is 0 Å². The zero-order valence-electron chi connectivity index (χ0n) is 8.36. The number of H-pyrrole nitrogens is 1. The lowest BCUT2D eigenvalue weighted by Gasteiger charge is -2.14. The Hall–Kier alpha value is -1.10. The summed E-state index contributed by atoms with van der Waals surface area (Å²) in [4.78, 5) is 11.5. The molecule has 1 heterocycles. The van der Waals surface area contributed by atoms with Crippen LogP contribution in [-0.4, -0.2) is 14.8 Å². The molecular formula is C9H16N4O. The van der Waals surface area contributed by atoms with Crippen molar-refractivity contribution in [2.24, 2.45) is 5.73 Å². The van der Waals surface area contributed by atoms with Crippen LogP contribution in [0.5, 0.6) is 0 Å². The lowest BCUT2D eigenvalue weighted by molar-refractivity contribution is 0.471. The van der Waals surface area contributed by atoms with Crippen molar-refractivity contribution in [1.82, 2.24) is 14.8 Å². The fourth-order valence-electron chi connectivity index (χ4n) is 2.15. The number of nitrogens with one attached hydrogen (secondary N) is 1. The van der Waals surface area contributed by atoms with E-state index in [0.29, 0.717) is 11.9 Å². The van der Waals surface area contributed by atoms with Gasteiger partial charge in [0.05, 0.1) is 6.04 Å². The van der Waals surface area contributed by atoms with E-state index in [1.54, 1.807) is 4.57 Å². The molecule has 3 N–H and O–H groups in total. The molecule has 0 saturated heterocycles. The maximum absolute atomic E-state index is 11.5. The van der Waals surface area contributed by atoms with Crippen LogP contribution in [0.15, 0.2) is 4.79 Å². The average molecular weight is 196 g/mol. The van der Waals surface area contributed by atoms with Gasteiger partial charge < -0.3 is 5.73 Å². The van der Waals surface area contributed by atoms with E-state index >= 15 is 0 Å². The van der Waals surface area contributed by atoms with Gasteiger partial charge in [0.25, 0.3) is 0 Å². The average Bonchev–Trinajstić information content (AvgIpc) is 2.71. The molecule has 1 aliphatic carbocycles. The van der Waals surface area contributed by atoms with Gasteiger partial charge in [-0.1, -0.05) is 12.8 Å². The summed E-state index contributed by atoms with van der Waals surface area (Å²) in [5.41, 5.74) is 5.63. The monoisotopic (exact) mass is 196 g/mol. The van der Waals surface area contributed by atoms with Crippen LogP contribution in [0.3, 0.4) is 0 Å². The van der Waals surface area contributed by atoms with E-state index in [-0.39, 0.29) is 11.7 Å². The van der Waals surface area contributed by atoms with E-state index in [0.717, 1.165) is 12.8 Å². The summed E-state index contributed by atoms with van der Waals surface area (Å²) < 4.78 is 1.73. The Morgan fingerprint density at radius 2 is 2.21 bits per heavy atom. The minimum Gasteiger partial charge on any atom is -0.322 e. The molecule has 1 unspecified atom stereocenters. The molecule has 1 aromatic heterocycles. The van der Waals surface area contributed by atoms with Gasteiger partial charge in [0, 0.05) is 6.04 Å². The minimum absolute atomic E-state index is 0.121. The topological polar surface area (TPSA) is 76.7 Å². The SMILES string of the molecule is CC(N)c1n[nH]c(=O)n1C1CCCC1. The Balaban J connectivity index is 2.38. The Morgan fingerprint density at radius 1 is 1.57 bits per heavy atom. The van der Waals surface area contributed by atoms with Gasteiger partial charge in [0.2, 0.25) is 0 Å². The molecule has 78 valence electrons. The number of hydrogen-bond donors (Lipinski definition) is 2. The summed E-state index contributed by atoms with van der Waals surface area (Å²) in [6, 6.07) is 0.122. The van der Waals surface area contributed by atoms with Gasteiger partial charge >= 0.3 is 5.69 Å². The quantitative estimate of drug-likeness (QED) is 0.731. The van der Waals surface area contributed by atoms with Crippen LogP contribution in [0.25, 0.3) is 0 Å². The lowest BCUT2D eigenvalue weighted by Crippen LogP contribution is -2.25. The van der Waals surface area contributed by atoms with Crippen molar-refractivity contribution >= 4 is 0 Å². The van der Waals surface area contributed by atoms with Gasteiger partial charge in [0.1, 0.15) is 5.82 Å². The van der Waals surface area contributed by atoms with Gasteiger partial charge in [-0.2, -0.15) is 5.10 Å². The van der Waals surface area contributed by atoms with E-state index < -0.39 is 0 Å². The van der Waals surface area contributed by atoms with Crippen LogP contribution in [0.1, 0.15) is 50.5 Å². The van der Waals surface area contributed by atoms with Crippen molar-refractivity contribution in [3.05, 3.63) is 16.3 Å². The molecule has 1 atom stereocenters. The Labute approximate surface area is 82.3 Å². The normalized spacial score (nSPS) is 20.1. The Kier molecular flexibility index (Phi) is 2.41. The number of nitrogens with zero attached hydrogens (tertiary/aromatic N) is 2. The molecule has 0 aromatic carbocycles. The molecule has 0 spiro atoms. The lowest BCUT2D eigenvalue weighted by atomic mass is 10.2. The van der Waals surface area contributed by atoms with Crippen LogP contribution in [0.4, 0.5) is 0 Å². The van der Waals surface area contributed by atoms with Crippen molar-refractivity contribution in [2.75, 3.05) is 0 Å². The van der Waals surface area contributed by atoms with Crippen molar-refractivity contribution in [1.29, 1.82) is 0 Å². The van der Waals surface area contributed by atoms with Crippen LogP contribution >= 0.6 is 0 Å². The zero-order chi connectivity index (χ0) is 10.1. The fraction of sp³-hybridized carbons (Fsp3) is 0.778. The number of hydrogen-bond acceptors (Lipinski definition) is 3. The molecule has 1 fully saturated rings. The van der Waals surface area contributed by atoms with Gasteiger partial charge in [0.15, 0.2) is 0 Å². The van der Waals surface area contributed by atoms with Crippen molar-refractivity contribution in [2.45, 2.75) is 44.7 Å². The standard InChI is InChI=1S/C9H16N4O/c1-6(10)8-11-12-9(14)13(8)7-4-2-3-5-7/h6-7H,2-5,10H2,1H3,(H,12,14). The Bertz CT molecular complexity index is 359. The van der Waals surface area contributed by atoms with Crippen LogP contribution in [0, 0.1) is 0 Å². The Morgan fingerprint density at radius 3 is 2.79 bits per heavy atom. The highest BCUT2D eigenvalue weighted by molar-refractivity contribution is 4.95. The van der Waals surface area contributed by atoms with Crippen molar-refractivity contribution in [3.63, 3.8) is 0 Å².